The monoisotopic (exact) mass is 393 g/mol. The second kappa shape index (κ2) is 8.26. The molecule has 0 bridgehead atoms. The molecule has 0 aliphatic carbocycles. The van der Waals surface area contributed by atoms with Crippen molar-refractivity contribution in [2.45, 2.75) is 32.9 Å². The third-order valence-corrected chi connectivity index (χ3v) is 5.40. The van der Waals surface area contributed by atoms with Crippen LogP contribution in [0.1, 0.15) is 35.9 Å². The summed E-state index contributed by atoms with van der Waals surface area (Å²) >= 11 is 1.55. The number of carbonyl (C=O) groups excluding carboxylic acids is 1. The van der Waals surface area contributed by atoms with Crippen molar-refractivity contribution in [2.24, 2.45) is 0 Å². The zero-order valence-corrected chi connectivity index (χ0v) is 16.2. The Morgan fingerprint density at radius 3 is 2.82 bits per heavy atom. The smallest absolute Gasteiger partial charge is 0.339 e. The van der Waals surface area contributed by atoms with Crippen LogP contribution in [0.3, 0.4) is 0 Å². The fourth-order valence-electron chi connectivity index (χ4n) is 2.85. The molecule has 2 aromatic carbocycles. The molecule has 0 aliphatic heterocycles. The average Bonchev–Trinajstić information content (AvgIpc) is 3.36. The number of ether oxygens (including phenoxy) is 1. The number of aryl methyl sites for hydroxylation is 1. The Balaban J connectivity index is 1.55. The van der Waals surface area contributed by atoms with E-state index in [4.69, 9.17) is 4.74 Å². The quantitative estimate of drug-likeness (QED) is 0.440. The standard InChI is InChI=1S/C20H19N5O2S/c1-2-3-12-25-18(22-23-24-25)13-27-20(26)15-9-5-4-8-14(15)19-21-16-10-6-7-11-17(16)28-19/h4-11H,2-3,12-13H2,1H3. The van der Waals surface area contributed by atoms with E-state index in [2.05, 4.69) is 27.4 Å². The van der Waals surface area contributed by atoms with Crippen molar-refractivity contribution in [3.8, 4) is 10.6 Å². The maximum Gasteiger partial charge on any atom is 0.339 e. The van der Waals surface area contributed by atoms with E-state index in [1.807, 2.05) is 42.5 Å². The highest BCUT2D eigenvalue weighted by Crippen LogP contribution is 2.32. The van der Waals surface area contributed by atoms with E-state index in [9.17, 15) is 4.79 Å². The largest absolute Gasteiger partial charge is 0.454 e. The van der Waals surface area contributed by atoms with Crippen molar-refractivity contribution in [3.05, 3.63) is 59.9 Å². The summed E-state index contributed by atoms with van der Waals surface area (Å²) in [6, 6.07) is 15.3. The van der Waals surface area contributed by atoms with Crippen LogP contribution in [0.5, 0.6) is 0 Å². The van der Waals surface area contributed by atoms with Crippen LogP contribution in [0.15, 0.2) is 48.5 Å². The third kappa shape index (κ3) is 3.77. The lowest BCUT2D eigenvalue weighted by Crippen LogP contribution is -2.12. The molecule has 8 heteroatoms. The Hall–Kier alpha value is -3.13. The second-order valence-electron chi connectivity index (χ2n) is 6.28. The highest BCUT2D eigenvalue weighted by molar-refractivity contribution is 7.21. The second-order valence-corrected chi connectivity index (χ2v) is 7.31. The van der Waals surface area contributed by atoms with Crippen LogP contribution >= 0.6 is 11.3 Å². The van der Waals surface area contributed by atoms with Crippen LogP contribution in [0, 0.1) is 0 Å². The topological polar surface area (TPSA) is 82.8 Å². The van der Waals surface area contributed by atoms with Crippen molar-refractivity contribution >= 4 is 27.5 Å². The molecule has 2 heterocycles. The molecule has 0 N–H and O–H groups in total. The van der Waals surface area contributed by atoms with Gasteiger partial charge in [-0.05, 0) is 35.0 Å². The number of nitrogens with zero attached hydrogens (tertiary/aromatic N) is 5. The lowest BCUT2D eigenvalue weighted by Gasteiger charge is -2.08. The first kappa shape index (κ1) is 18.2. The number of rotatable bonds is 7. The zero-order valence-electron chi connectivity index (χ0n) is 15.4. The van der Waals surface area contributed by atoms with E-state index in [1.54, 1.807) is 22.1 Å². The van der Waals surface area contributed by atoms with Crippen LogP contribution in [0.4, 0.5) is 0 Å². The number of aromatic nitrogens is 5. The van der Waals surface area contributed by atoms with Crippen molar-refractivity contribution in [2.75, 3.05) is 0 Å². The minimum atomic E-state index is -0.417. The van der Waals surface area contributed by atoms with Crippen molar-refractivity contribution in [1.29, 1.82) is 0 Å². The molecule has 0 spiro atoms. The number of esters is 1. The average molecular weight is 393 g/mol. The molecule has 4 aromatic rings. The van der Waals surface area contributed by atoms with Crippen LogP contribution in [0.2, 0.25) is 0 Å². The van der Waals surface area contributed by atoms with Gasteiger partial charge in [0.25, 0.3) is 0 Å². The van der Waals surface area contributed by atoms with Crippen LogP contribution in [0.25, 0.3) is 20.8 Å². The van der Waals surface area contributed by atoms with Crippen molar-refractivity contribution in [1.82, 2.24) is 25.2 Å². The van der Waals surface area contributed by atoms with Gasteiger partial charge in [0.05, 0.1) is 15.8 Å². The van der Waals surface area contributed by atoms with Crippen LogP contribution in [-0.4, -0.2) is 31.2 Å². The summed E-state index contributed by atoms with van der Waals surface area (Å²) in [4.78, 5) is 17.4. The Morgan fingerprint density at radius 2 is 1.96 bits per heavy atom. The van der Waals surface area contributed by atoms with Gasteiger partial charge in [0.15, 0.2) is 12.4 Å². The van der Waals surface area contributed by atoms with Gasteiger partial charge in [-0.25, -0.2) is 14.5 Å². The summed E-state index contributed by atoms with van der Waals surface area (Å²) in [5.74, 6) is 0.124. The molecular weight excluding hydrogens is 374 g/mol. The van der Waals surface area contributed by atoms with Crippen LogP contribution in [-0.2, 0) is 17.9 Å². The van der Waals surface area contributed by atoms with Gasteiger partial charge in [-0.1, -0.05) is 43.7 Å². The van der Waals surface area contributed by atoms with E-state index in [0.717, 1.165) is 33.6 Å². The Labute approximate surface area is 166 Å². The number of benzene rings is 2. The Morgan fingerprint density at radius 1 is 1.14 bits per heavy atom. The van der Waals surface area contributed by atoms with Crippen LogP contribution < -0.4 is 0 Å². The number of fused-ring (bicyclic) bond motifs is 1. The molecule has 0 unspecified atom stereocenters. The molecule has 0 atom stereocenters. The molecule has 7 nitrogen and oxygen atoms in total. The first-order chi connectivity index (χ1) is 13.8. The first-order valence-electron chi connectivity index (χ1n) is 9.13. The molecule has 0 amide bonds. The van der Waals surface area contributed by atoms with E-state index >= 15 is 0 Å². The molecular formula is C20H19N5O2S. The van der Waals surface area contributed by atoms with Gasteiger partial charge in [-0.2, -0.15) is 0 Å². The number of hydrogen-bond donors (Lipinski definition) is 0. The van der Waals surface area contributed by atoms with E-state index in [0.29, 0.717) is 17.9 Å². The van der Waals surface area contributed by atoms with E-state index < -0.39 is 5.97 Å². The molecule has 2 aromatic heterocycles. The van der Waals surface area contributed by atoms with Gasteiger partial charge in [-0.3, -0.25) is 0 Å². The number of unbranched alkanes of at least 4 members (excludes halogenated alkanes) is 1. The molecule has 0 radical (unpaired) electrons. The maximum atomic E-state index is 12.8. The molecule has 0 fully saturated rings. The number of tetrazole rings is 1. The molecule has 0 aliphatic rings. The predicted molar refractivity (Wildman–Crippen MR) is 107 cm³/mol. The SMILES string of the molecule is CCCCn1nnnc1COC(=O)c1ccccc1-c1nc2ccccc2s1. The highest BCUT2D eigenvalue weighted by atomic mass is 32.1. The minimum Gasteiger partial charge on any atom is -0.454 e. The molecule has 4 rings (SSSR count). The molecule has 142 valence electrons. The number of carbonyl (C=O) groups is 1. The highest BCUT2D eigenvalue weighted by Gasteiger charge is 2.18. The summed E-state index contributed by atoms with van der Waals surface area (Å²) < 4.78 is 8.26. The number of thiazole rings is 1. The van der Waals surface area contributed by atoms with E-state index in [-0.39, 0.29) is 6.61 Å². The van der Waals surface area contributed by atoms with Gasteiger partial charge in [0.1, 0.15) is 5.01 Å². The number of hydrogen-bond acceptors (Lipinski definition) is 7. The lowest BCUT2D eigenvalue weighted by atomic mass is 10.1. The molecule has 0 saturated heterocycles. The van der Waals surface area contributed by atoms with Gasteiger partial charge >= 0.3 is 5.97 Å². The molecule has 28 heavy (non-hydrogen) atoms. The predicted octanol–water partition coefficient (Wildman–Crippen LogP) is 4.11. The summed E-state index contributed by atoms with van der Waals surface area (Å²) in [6.45, 7) is 2.84. The fraction of sp³-hybridized carbons (Fsp3) is 0.250. The minimum absolute atomic E-state index is 0.0315. The number of para-hydroxylation sites is 1. The third-order valence-electron chi connectivity index (χ3n) is 4.33. The van der Waals surface area contributed by atoms with Crippen molar-refractivity contribution < 1.29 is 9.53 Å². The lowest BCUT2D eigenvalue weighted by molar-refractivity contribution is 0.0457. The van der Waals surface area contributed by atoms with Gasteiger partial charge in [0.2, 0.25) is 0 Å². The first-order valence-corrected chi connectivity index (χ1v) is 9.95. The Bertz CT molecular complexity index is 1070. The summed E-state index contributed by atoms with van der Waals surface area (Å²) in [6.07, 6.45) is 2.00. The summed E-state index contributed by atoms with van der Waals surface area (Å²) in [7, 11) is 0. The van der Waals surface area contributed by atoms with Gasteiger partial charge in [-0.15, -0.1) is 16.4 Å². The zero-order chi connectivity index (χ0) is 19.3. The Kier molecular flexibility index (Phi) is 5.38. The van der Waals surface area contributed by atoms with Crippen molar-refractivity contribution in [3.63, 3.8) is 0 Å². The van der Waals surface area contributed by atoms with Gasteiger partial charge in [0, 0.05) is 12.1 Å². The fourth-order valence-corrected chi connectivity index (χ4v) is 3.86. The van der Waals surface area contributed by atoms with E-state index in [1.165, 1.54) is 0 Å². The molecule has 0 saturated carbocycles. The summed E-state index contributed by atoms with van der Waals surface area (Å²) in [5, 5.41) is 12.4. The summed E-state index contributed by atoms with van der Waals surface area (Å²) in [5.41, 5.74) is 2.16. The normalized spacial score (nSPS) is 11.0. The maximum absolute atomic E-state index is 12.8. The van der Waals surface area contributed by atoms with Gasteiger partial charge < -0.3 is 4.74 Å².